The van der Waals surface area contributed by atoms with Crippen molar-refractivity contribution < 1.29 is 18.0 Å². The quantitative estimate of drug-likeness (QED) is 0.771. The van der Waals surface area contributed by atoms with Gasteiger partial charge in [-0.2, -0.15) is 9.40 Å². The average molecular weight is 376 g/mol. The Morgan fingerprint density at radius 3 is 2.35 bits per heavy atom. The lowest BCUT2D eigenvalue weighted by molar-refractivity contribution is -0.120. The van der Waals surface area contributed by atoms with Crippen LogP contribution in [0, 0.1) is 5.92 Å². The number of amides is 1. The highest BCUT2D eigenvalue weighted by molar-refractivity contribution is 7.89. The number of nitrogens with one attached hydrogen (secondary N) is 2. The van der Waals surface area contributed by atoms with E-state index in [1.807, 2.05) is 0 Å². The first-order valence-electron chi connectivity index (χ1n) is 8.29. The Morgan fingerprint density at radius 1 is 1.15 bits per heavy atom. The van der Waals surface area contributed by atoms with Crippen LogP contribution in [0.2, 0.25) is 0 Å². The summed E-state index contributed by atoms with van der Waals surface area (Å²) in [5.74, 6) is 0.0237. The van der Waals surface area contributed by atoms with E-state index in [1.165, 1.54) is 35.5 Å². The average Bonchev–Trinajstić information content (AvgIpc) is 3.15. The number of carbonyl (C=O) groups is 2. The fourth-order valence-electron chi connectivity index (χ4n) is 2.93. The summed E-state index contributed by atoms with van der Waals surface area (Å²) in [6.45, 7) is 1.98. The van der Waals surface area contributed by atoms with Crippen molar-refractivity contribution in [2.75, 3.05) is 18.4 Å². The molecule has 1 aromatic heterocycles. The second-order valence-electron chi connectivity index (χ2n) is 6.22. The van der Waals surface area contributed by atoms with Crippen LogP contribution in [0.3, 0.4) is 0 Å². The molecule has 2 heterocycles. The topological polar surface area (TPSA) is 112 Å². The Bertz CT molecular complexity index is 883. The molecule has 1 saturated heterocycles. The zero-order valence-corrected chi connectivity index (χ0v) is 15.1. The molecule has 0 saturated carbocycles. The molecular weight excluding hydrogens is 356 g/mol. The molecule has 0 radical (unpaired) electrons. The first-order valence-corrected chi connectivity index (χ1v) is 9.73. The summed E-state index contributed by atoms with van der Waals surface area (Å²) < 4.78 is 26.8. The maximum Gasteiger partial charge on any atom is 0.243 e. The first kappa shape index (κ1) is 18.3. The minimum atomic E-state index is -3.63. The molecule has 1 aromatic carbocycles. The van der Waals surface area contributed by atoms with Crippen LogP contribution in [0.5, 0.6) is 0 Å². The number of carbonyl (C=O) groups excluding carboxylic acids is 2. The fourth-order valence-corrected chi connectivity index (χ4v) is 4.40. The van der Waals surface area contributed by atoms with Gasteiger partial charge in [-0.05, 0) is 31.9 Å². The van der Waals surface area contributed by atoms with Crippen molar-refractivity contribution in [1.82, 2.24) is 14.5 Å². The normalized spacial score (nSPS) is 16.3. The highest BCUT2D eigenvalue weighted by Gasteiger charge is 2.32. The summed E-state index contributed by atoms with van der Waals surface area (Å²) in [6, 6.07) is 7.58. The van der Waals surface area contributed by atoms with E-state index >= 15 is 0 Å². The molecule has 1 amide bonds. The van der Waals surface area contributed by atoms with Crippen LogP contribution in [-0.2, 0) is 14.8 Å². The third kappa shape index (κ3) is 3.83. The number of Topliss-reactive ketones (excluding diaryl/α,β-unsaturated/α-hetero) is 1. The van der Waals surface area contributed by atoms with E-state index in [2.05, 4.69) is 15.5 Å². The predicted octanol–water partition coefficient (Wildman–Crippen LogP) is 1.65. The van der Waals surface area contributed by atoms with E-state index < -0.39 is 10.0 Å². The molecule has 1 aliphatic heterocycles. The second-order valence-corrected chi connectivity index (χ2v) is 8.16. The zero-order chi connectivity index (χ0) is 18.7. The van der Waals surface area contributed by atoms with Crippen molar-refractivity contribution in [3.05, 3.63) is 42.1 Å². The van der Waals surface area contributed by atoms with Gasteiger partial charge in [0.2, 0.25) is 15.9 Å². The third-order valence-corrected chi connectivity index (χ3v) is 6.39. The maximum absolute atomic E-state index is 12.7. The number of ketones is 1. The molecule has 26 heavy (non-hydrogen) atoms. The monoisotopic (exact) mass is 376 g/mol. The molecule has 0 bridgehead atoms. The minimum absolute atomic E-state index is 0.113. The van der Waals surface area contributed by atoms with Crippen molar-refractivity contribution in [3.8, 4) is 0 Å². The number of aromatic nitrogens is 2. The lowest BCUT2D eigenvalue weighted by atomic mass is 9.97. The fraction of sp³-hybridized carbons (Fsp3) is 0.353. The number of hydrogen-bond acceptors (Lipinski definition) is 5. The highest BCUT2D eigenvalue weighted by Crippen LogP contribution is 2.25. The number of benzene rings is 1. The Hall–Kier alpha value is -2.52. The van der Waals surface area contributed by atoms with Crippen LogP contribution in [0.25, 0.3) is 0 Å². The van der Waals surface area contributed by atoms with E-state index in [0.29, 0.717) is 24.2 Å². The van der Waals surface area contributed by atoms with Crippen molar-refractivity contribution in [1.29, 1.82) is 0 Å². The number of H-pyrrole nitrogens is 1. The second kappa shape index (κ2) is 7.38. The van der Waals surface area contributed by atoms with Crippen LogP contribution < -0.4 is 5.32 Å². The molecule has 0 unspecified atom stereocenters. The Labute approximate surface area is 151 Å². The maximum atomic E-state index is 12.7. The van der Waals surface area contributed by atoms with Gasteiger partial charge in [-0.25, -0.2) is 8.42 Å². The van der Waals surface area contributed by atoms with Crippen molar-refractivity contribution >= 4 is 27.5 Å². The summed E-state index contributed by atoms with van der Waals surface area (Å²) >= 11 is 0. The molecule has 8 nitrogen and oxygen atoms in total. The number of hydrogen-bond donors (Lipinski definition) is 2. The largest absolute Gasteiger partial charge is 0.311 e. The van der Waals surface area contributed by atoms with Gasteiger partial charge in [-0.1, -0.05) is 12.1 Å². The lowest BCUT2D eigenvalue weighted by Crippen LogP contribution is -2.41. The summed E-state index contributed by atoms with van der Waals surface area (Å²) in [5.41, 5.74) is 0.470. The van der Waals surface area contributed by atoms with Gasteiger partial charge in [-0.15, -0.1) is 0 Å². The smallest absolute Gasteiger partial charge is 0.243 e. The number of anilines is 1. The van der Waals surface area contributed by atoms with E-state index in [4.69, 9.17) is 0 Å². The number of sulfonamides is 1. The molecule has 0 spiro atoms. The van der Waals surface area contributed by atoms with Crippen LogP contribution in [0.1, 0.15) is 30.1 Å². The van der Waals surface area contributed by atoms with Gasteiger partial charge in [0.05, 0.1) is 11.1 Å². The van der Waals surface area contributed by atoms with Gasteiger partial charge in [0, 0.05) is 30.6 Å². The van der Waals surface area contributed by atoms with E-state index in [-0.39, 0.29) is 35.6 Å². The summed E-state index contributed by atoms with van der Waals surface area (Å²) in [4.78, 5) is 23.7. The highest BCUT2D eigenvalue weighted by atomic mass is 32.2. The Morgan fingerprint density at radius 2 is 1.81 bits per heavy atom. The molecule has 1 fully saturated rings. The minimum Gasteiger partial charge on any atom is -0.311 e. The number of nitrogens with zero attached hydrogens (tertiary/aromatic N) is 2. The SMILES string of the molecule is CC(=O)c1ccc(S(=O)(=O)N2CCC(C(=O)Nc3ccn[nH]3)CC2)cc1. The van der Waals surface area contributed by atoms with Gasteiger partial charge < -0.3 is 5.32 Å². The number of piperidine rings is 1. The molecule has 1 aliphatic rings. The molecule has 2 N–H and O–H groups in total. The van der Waals surface area contributed by atoms with Gasteiger partial charge in [0.25, 0.3) is 0 Å². The van der Waals surface area contributed by atoms with Crippen LogP contribution in [-0.4, -0.2) is 47.7 Å². The predicted molar refractivity (Wildman–Crippen MR) is 95.1 cm³/mol. The Kier molecular flexibility index (Phi) is 5.19. The van der Waals surface area contributed by atoms with Crippen molar-refractivity contribution in [3.63, 3.8) is 0 Å². The molecule has 138 valence electrons. The van der Waals surface area contributed by atoms with Crippen LogP contribution >= 0.6 is 0 Å². The summed E-state index contributed by atoms with van der Waals surface area (Å²) in [6.07, 6.45) is 2.44. The van der Waals surface area contributed by atoms with E-state index in [9.17, 15) is 18.0 Å². The standard InChI is InChI=1S/C17H20N4O4S/c1-12(22)13-2-4-15(5-3-13)26(24,25)21-10-7-14(8-11-21)17(23)19-16-6-9-18-20-16/h2-6,9,14H,7-8,10-11H2,1H3,(H2,18,19,20,23). The summed E-state index contributed by atoms with van der Waals surface area (Å²) in [5, 5.41) is 9.17. The van der Waals surface area contributed by atoms with Gasteiger partial charge in [0.15, 0.2) is 5.78 Å². The number of aromatic amines is 1. The molecule has 9 heteroatoms. The first-order chi connectivity index (χ1) is 12.4. The van der Waals surface area contributed by atoms with Crippen LogP contribution in [0.15, 0.2) is 41.4 Å². The van der Waals surface area contributed by atoms with Gasteiger partial charge >= 0.3 is 0 Å². The van der Waals surface area contributed by atoms with E-state index in [0.717, 1.165) is 0 Å². The molecular formula is C17H20N4O4S. The van der Waals surface area contributed by atoms with Gasteiger partial charge in [-0.3, -0.25) is 14.7 Å². The molecule has 0 atom stereocenters. The van der Waals surface area contributed by atoms with Crippen molar-refractivity contribution in [2.45, 2.75) is 24.7 Å². The third-order valence-electron chi connectivity index (χ3n) is 4.48. The molecule has 2 aromatic rings. The van der Waals surface area contributed by atoms with Crippen molar-refractivity contribution in [2.24, 2.45) is 5.92 Å². The zero-order valence-electron chi connectivity index (χ0n) is 14.3. The number of rotatable bonds is 5. The summed E-state index contributed by atoms with van der Waals surface area (Å²) in [7, 11) is -3.63. The van der Waals surface area contributed by atoms with E-state index in [1.54, 1.807) is 12.3 Å². The van der Waals surface area contributed by atoms with Crippen LogP contribution in [0.4, 0.5) is 5.82 Å². The molecule has 3 rings (SSSR count). The lowest BCUT2D eigenvalue weighted by Gasteiger charge is -2.30. The Balaban J connectivity index is 1.63. The van der Waals surface area contributed by atoms with Gasteiger partial charge in [0.1, 0.15) is 5.82 Å². The molecule has 0 aliphatic carbocycles.